The van der Waals surface area contributed by atoms with Gasteiger partial charge in [0.25, 0.3) is 0 Å². The van der Waals surface area contributed by atoms with Crippen LogP contribution in [-0.2, 0) is 4.79 Å². The number of nitrogens with zero attached hydrogens (tertiary/aromatic N) is 1. The van der Waals surface area contributed by atoms with Gasteiger partial charge >= 0.3 is 0 Å². The summed E-state index contributed by atoms with van der Waals surface area (Å²) in [5, 5.41) is 9.88. The molecule has 20 heavy (non-hydrogen) atoms. The third-order valence-corrected chi connectivity index (χ3v) is 3.48. The van der Waals surface area contributed by atoms with Crippen molar-refractivity contribution in [2.75, 3.05) is 5.32 Å². The number of hydrogen-bond acceptors (Lipinski definition) is 2. The highest BCUT2D eigenvalue weighted by molar-refractivity contribution is 6.32. The van der Waals surface area contributed by atoms with Crippen molar-refractivity contribution in [3.8, 4) is 0 Å². The van der Waals surface area contributed by atoms with Gasteiger partial charge < -0.3 is 5.32 Å². The molecule has 0 fully saturated rings. The van der Waals surface area contributed by atoms with Crippen LogP contribution in [-0.4, -0.2) is 16.1 Å². The summed E-state index contributed by atoms with van der Waals surface area (Å²) >= 11 is 6.17. The molecule has 0 spiro atoms. The third kappa shape index (κ3) is 2.51. The van der Waals surface area contributed by atoms with Gasteiger partial charge in [0.15, 0.2) is 0 Å². The molecule has 3 aromatic rings. The maximum Gasteiger partial charge on any atom is 0.246 e. The number of aromatic amines is 1. The maximum absolute atomic E-state index is 12.1. The molecule has 100 valence electrons. The van der Waals surface area contributed by atoms with Crippen LogP contribution in [0.5, 0.6) is 0 Å². The van der Waals surface area contributed by atoms with Crippen molar-refractivity contribution in [3.63, 3.8) is 0 Å². The minimum Gasteiger partial charge on any atom is -0.324 e. The molecule has 2 aromatic carbocycles. The lowest BCUT2D eigenvalue weighted by Gasteiger charge is -2.10. The first-order valence-corrected chi connectivity index (χ1v) is 6.61. The molecule has 5 heteroatoms. The van der Waals surface area contributed by atoms with Gasteiger partial charge in [-0.1, -0.05) is 30.3 Å². The first kappa shape index (κ1) is 12.7. The Morgan fingerprint density at radius 3 is 2.80 bits per heavy atom. The number of anilines is 1. The SMILES string of the molecule is O=C(Nc1ccc2cn[nH]c2c1)C(Cl)c1ccccc1. The molecule has 2 N–H and O–H groups in total. The molecule has 1 heterocycles. The Morgan fingerprint density at radius 2 is 2.00 bits per heavy atom. The van der Waals surface area contributed by atoms with E-state index in [9.17, 15) is 4.79 Å². The van der Waals surface area contributed by atoms with E-state index in [1.54, 1.807) is 6.20 Å². The van der Waals surface area contributed by atoms with Crippen LogP contribution >= 0.6 is 11.6 Å². The van der Waals surface area contributed by atoms with Gasteiger partial charge in [0, 0.05) is 11.1 Å². The van der Waals surface area contributed by atoms with Crippen LogP contribution in [0.3, 0.4) is 0 Å². The highest BCUT2D eigenvalue weighted by Crippen LogP contribution is 2.23. The second-order valence-corrected chi connectivity index (χ2v) is 4.87. The molecule has 0 saturated heterocycles. The minimum absolute atomic E-state index is 0.253. The van der Waals surface area contributed by atoms with Crippen LogP contribution in [0.4, 0.5) is 5.69 Å². The van der Waals surface area contributed by atoms with Crippen molar-refractivity contribution in [3.05, 3.63) is 60.3 Å². The van der Waals surface area contributed by atoms with Gasteiger partial charge in [-0.05, 0) is 23.8 Å². The van der Waals surface area contributed by atoms with Crippen LogP contribution in [0.2, 0.25) is 0 Å². The molecule has 3 rings (SSSR count). The van der Waals surface area contributed by atoms with Crippen molar-refractivity contribution >= 4 is 34.1 Å². The van der Waals surface area contributed by atoms with Gasteiger partial charge in [0.1, 0.15) is 5.38 Å². The smallest absolute Gasteiger partial charge is 0.246 e. The Labute approximate surface area is 120 Å². The molecule has 1 aromatic heterocycles. The summed E-state index contributed by atoms with van der Waals surface area (Å²) in [7, 11) is 0. The monoisotopic (exact) mass is 285 g/mol. The van der Waals surface area contributed by atoms with Gasteiger partial charge in [0.05, 0.1) is 11.7 Å². The zero-order chi connectivity index (χ0) is 13.9. The molecule has 4 nitrogen and oxygen atoms in total. The van der Waals surface area contributed by atoms with Gasteiger partial charge in [-0.3, -0.25) is 9.89 Å². The number of benzene rings is 2. The van der Waals surface area contributed by atoms with E-state index < -0.39 is 5.38 Å². The number of halogens is 1. The number of aromatic nitrogens is 2. The molecule has 0 aliphatic heterocycles. The first-order chi connectivity index (χ1) is 9.74. The quantitative estimate of drug-likeness (QED) is 0.724. The number of amides is 1. The predicted molar refractivity (Wildman–Crippen MR) is 79.8 cm³/mol. The van der Waals surface area contributed by atoms with E-state index in [1.165, 1.54) is 0 Å². The number of alkyl halides is 1. The lowest BCUT2D eigenvalue weighted by atomic mass is 10.1. The van der Waals surface area contributed by atoms with Crippen molar-refractivity contribution < 1.29 is 4.79 Å². The van der Waals surface area contributed by atoms with Crippen LogP contribution in [0.15, 0.2) is 54.7 Å². The highest BCUT2D eigenvalue weighted by atomic mass is 35.5. The van der Waals surface area contributed by atoms with E-state index in [-0.39, 0.29) is 5.91 Å². The lowest BCUT2D eigenvalue weighted by Crippen LogP contribution is -2.17. The number of fused-ring (bicyclic) bond motifs is 1. The van der Waals surface area contributed by atoms with Gasteiger partial charge in [-0.2, -0.15) is 5.10 Å². The summed E-state index contributed by atoms with van der Waals surface area (Å²) in [6, 6.07) is 14.8. The van der Waals surface area contributed by atoms with Crippen LogP contribution in [0.25, 0.3) is 10.9 Å². The fourth-order valence-electron chi connectivity index (χ4n) is 1.99. The molecular weight excluding hydrogens is 274 g/mol. The van der Waals surface area contributed by atoms with Crippen molar-refractivity contribution in [2.24, 2.45) is 0 Å². The fourth-order valence-corrected chi connectivity index (χ4v) is 2.19. The first-order valence-electron chi connectivity index (χ1n) is 6.17. The number of carbonyl (C=O) groups is 1. The van der Waals surface area contributed by atoms with E-state index in [2.05, 4.69) is 15.5 Å². The van der Waals surface area contributed by atoms with E-state index in [1.807, 2.05) is 48.5 Å². The lowest BCUT2D eigenvalue weighted by molar-refractivity contribution is -0.116. The minimum atomic E-state index is -0.714. The van der Waals surface area contributed by atoms with Gasteiger partial charge in [-0.15, -0.1) is 11.6 Å². The van der Waals surface area contributed by atoms with Crippen LogP contribution < -0.4 is 5.32 Å². The zero-order valence-electron chi connectivity index (χ0n) is 10.5. The van der Waals surface area contributed by atoms with E-state index in [0.29, 0.717) is 5.69 Å². The number of rotatable bonds is 3. The standard InChI is InChI=1S/C15H12ClN3O/c16-14(10-4-2-1-3-5-10)15(20)18-12-7-6-11-9-17-19-13(11)8-12/h1-9,14H,(H,17,19)(H,18,20). The average molecular weight is 286 g/mol. The van der Waals surface area contributed by atoms with Gasteiger partial charge in [-0.25, -0.2) is 0 Å². The molecule has 1 amide bonds. The second kappa shape index (κ2) is 5.35. The summed E-state index contributed by atoms with van der Waals surface area (Å²) < 4.78 is 0. The Morgan fingerprint density at radius 1 is 1.20 bits per heavy atom. The Bertz CT molecular complexity index is 739. The molecule has 0 aliphatic rings. The Kier molecular flexibility index (Phi) is 3.39. The summed E-state index contributed by atoms with van der Waals surface area (Å²) in [6.07, 6.45) is 1.73. The summed E-state index contributed by atoms with van der Waals surface area (Å²) in [5.74, 6) is -0.253. The molecule has 0 aliphatic carbocycles. The Balaban J connectivity index is 1.78. The van der Waals surface area contributed by atoms with Crippen molar-refractivity contribution in [1.82, 2.24) is 10.2 Å². The second-order valence-electron chi connectivity index (χ2n) is 4.43. The molecule has 0 saturated carbocycles. The van der Waals surface area contributed by atoms with Gasteiger partial charge in [0.2, 0.25) is 5.91 Å². The fraction of sp³-hybridized carbons (Fsp3) is 0.0667. The van der Waals surface area contributed by atoms with Crippen LogP contribution in [0.1, 0.15) is 10.9 Å². The number of nitrogens with one attached hydrogen (secondary N) is 2. The molecule has 1 atom stereocenters. The predicted octanol–water partition coefficient (Wildman–Crippen LogP) is 3.48. The third-order valence-electron chi connectivity index (χ3n) is 3.03. The van der Waals surface area contributed by atoms with E-state index in [4.69, 9.17) is 11.6 Å². The molecule has 1 unspecified atom stereocenters. The molecule has 0 radical (unpaired) electrons. The average Bonchev–Trinajstić information content (AvgIpc) is 2.95. The van der Waals surface area contributed by atoms with Crippen LogP contribution in [0, 0.1) is 0 Å². The van der Waals surface area contributed by atoms with Crippen molar-refractivity contribution in [1.29, 1.82) is 0 Å². The summed E-state index contributed by atoms with van der Waals surface area (Å²) in [5.41, 5.74) is 2.33. The Hall–Kier alpha value is -2.33. The normalized spacial score (nSPS) is 12.2. The summed E-state index contributed by atoms with van der Waals surface area (Å²) in [6.45, 7) is 0. The van der Waals surface area contributed by atoms with E-state index >= 15 is 0 Å². The topological polar surface area (TPSA) is 57.8 Å². The summed E-state index contributed by atoms with van der Waals surface area (Å²) in [4.78, 5) is 12.1. The highest BCUT2D eigenvalue weighted by Gasteiger charge is 2.17. The number of hydrogen-bond donors (Lipinski definition) is 2. The zero-order valence-corrected chi connectivity index (χ0v) is 11.3. The number of H-pyrrole nitrogens is 1. The maximum atomic E-state index is 12.1. The van der Waals surface area contributed by atoms with Crippen molar-refractivity contribution in [2.45, 2.75) is 5.38 Å². The molecular formula is C15H12ClN3O. The number of carbonyl (C=O) groups excluding carboxylic acids is 1. The van der Waals surface area contributed by atoms with E-state index in [0.717, 1.165) is 16.5 Å². The largest absolute Gasteiger partial charge is 0.324 e. The molecule has 0 bridgehead atoms.